The number of aryl methyl sites for hydroxylation is 1. The minimum atomic E-state index is 0.186. The molecule has 22 heavy (non-hydrogen) atoms. The molecule has 1 saturated heterocycles. The van der Waals surface area contributed by atoms with Crippen LogP contribution in [0.3, 0.4) is 0 Å². The van der Waals surface area contributed by atoms with Crippen molar-refractivity contribution in [2.75, 3.05) is 6.54 Å². The predicted molar refractivity (Wildman–Crippen MR) is 82.5 cm³/mol. The van der Waals surface area contributed by atoms with Crippen LogP contribution in [0.1, 0.15) is 38.3 Å². The first-order valence-corrected chi connectivity index (χ1v) is 7.80. The summed E-state index contributed by atoms with van der Waals surface area (Å²) in [5, 5.41) is 0. The first-order valence-electron chi connectivity index (χ1n) is 7.80. The van der Waals surface area contributed by atoms with Crippen LogP contribution in [0.5, 0.6) is 0 Å². The standard InChI is InChI=1S/C16H21N5O/c1-13(22)21-8-3-2-4-15(21)6-5-14-10-19-16(11-18-14)20-9-7-17-12-20/h7,9-12,15H,2-6,8H2,1H3/t15-/m0/s1. The van der Waals surface area contributed by atoms with Crippen molar-refractivity contribution in [3.63, 3.8) is 0 Å². The third-order valence-corrected chi connectivity index (χ3v) is 4.23. The molecule has 116 valence electrons. The van der Waals surface area contributed by atoms with Gasteiger partial charge in [0.25, 0.3) is 0 Å². The molecule has 1 aliphatic rings. The number of carbonyl (C=O) groups excluding carboxylic acids is 1. The Bertz CT molecular complexity index is 608. The molecule has 3 heterocycles. The number of likely N-dealkylation sites (tertiary alicyclic amines) is 1. The summed E-state index contributed by atoms with van der Waals surface area (Å²) in [6, 6.07) is 0.348. The number of hydrogen-bond donors (Lipinski definition) is 0. The van der Waals surface area contributed by atoms with Gasteiger partial charge < -0.3 is 4.90 Å². The molecule has 0 aliphatic carbocycles. The molecule has 0 radical (unpaired) electrons. The van der Waals surface area contributed by atoms with Crippen LogP contribution in [0.4, 0.5) is 0 Å². The first kappa shape index (κ1) is 14.7. The van der Waals surface area contributed by atoms with E-state index in [4.69, 9.17) is 0 Å². The van der Waals surface area contributed by atoms with Crippen LogP contribution in [-0.4, -0.2) is 42.9 Å². The van der Waals surface area contributed by atoms with Crippen LogP contribution in [0.25, 0.3) is 5.82 Å². The minimum absolute atomic E-state index is 0.186. The van der Waals surface area contributed by atoms with Crippen LogP contribution in [0, 0.1) is 0 Å². The van der Waals surface area contributed by atoms with E-state index in [9.17, 15) is 4.79 Å². The van der Waals surface area contributed by atoms with E-state index >= 15 is 0 Å². The molecule has 3 rings (SSSR count). The van der Waals surface area contributed by atoms with Crippen LogP contribution >= 0.6 is 0 Å². The highest BCUT2D eigenvalue weighted by Gasteiger charge is 2.24. The van der Waals surface area contributed by atoms with Gasteiger partial charge in [-0.1, -0.05) is 0 Å². The van der Waals surface area contributed by atoms with Crippen molar-refractivity contribution in [3.05, 3.63) is 36.8 Å². The molecule has 2 aromatic rings. The van der Waals surface area contributed by atoms with Crippen molar-refractivity contribution in [1.29, 1.82) is 0 Å². The van der Waals surface area contributed by atoms with E-state index in [1.807, 2.05) is 21.9 Å². The van der Waals surface area contributed by atoms with Gasteiger partial charge in [-0.05, 0) is 32.1 Å². The zero-order valence-corrected chi connectivity index (χ0v) is 12.9. The summed E-state index contributed by atoms with van der Waals surface area (Å²) in [4.78, 5) is 26.6. The highest BCUT2D eigenvalue weighted by Crippen LogP contribution is 2.21. The third kappa shape index (κ3) is 3.32. The fourth-order valence-electron chi connectivity index (χ4n) is 3.03. The van der Waals surface area contributed by atoms with E-state index in [0.29, 0.717) is 6.04 Å². The Morgan fingerprint density at radius 3 is 2.91 bits per heavy atom. The van der Waals surface area contributed by atoms with Gasteiger partial charge in [0, 0.05) is 31.9 Å². The van der Waals surface area contributed by atoms with Crippen molar-refractivity contribution in [3.8, 4) is 5.82 Å². The lowest BCUT2D eigenvalue weighted by Gasteiger charge is -2.35. The number of piperidine rings is 1. The molecule has 1 amide bonds. The monoisotopic (exact) mass is 299 g/mol. The van der Waals surface area contributed by atoms with E-state index in [1.165, 1.54) is 6.42 Å². The predicted octanol–water partition coefficient (Wildman–Crippen LogP) is 2.00. The van der Waals surface area contributed by atoms with Crippen LogP contribution in [0.15, 0.2) is 31.1 Å². The maximum atomic E-state index is 11.7. The topological polar surface area (TPSA) is 63.9 Å². The molecular weight excluding hydrogens is 278 g/mol. The highest BCUT2D eigenvalue weighted by atomic mass is 16.2. The molecule has 0 aromatic carbocycles. The van der Waals surface area contributed by atoms with Gasteiger partial charge >= 0.3 is 0 Å². The first-order chi connectivity index (χ1) is 10.7. The van der Waals surface area contributed by atoms with Crippen molar-refractivity contribution in [2.24, 2.45) is 0 Å². The van der Waals surface area contributed by atoms with Gasteiger partial charge in [0.05, 0.1) is 18.1 Å². The number of hydrogen-bond acceptors (Lipinski definition) is 4. The average molecular weight is 299 g/mol. The number of aromatic nitrogens is 4. The van der Waals surface area contributed by atoms with Gasteiger partial charge in [-0.25, -0.2) is 9.97 Å². The summed E-state index contributed by atoms with van der Waals surface area (Å²) in [5.74, 6) is 0.954. The maximum absolute atomic E-state index is 11.7. The molecule has 1 atom stereocenters. The molecule has 0 unspecified atom stereocenters. The van der Waals surface area contributed by atoms with Crippen LogP contribution in [0.2, 0.25) is 0 Å². The quantitative estimate of drug-likeness (QED) is 0.866. The number of amides is 1. The lowest BCUT2D eigenvalue weighted by atomic mass is 9.97. The normalized spacial score (nSPS) is 18.4. The van der Waals surface area contributed by atoms with Gasteiger partial charge in [0.2, 0.25) is 5.91 Å². The Balaban J connectivity index is 1.60. The van der Waals surface area contributed by atoms with Crippen molar-refractivity contribution < 1.29 is 4.79 Å². The second-order valence-electron chi connectivity index (χ2n) is 5.74. The van der Waals surface area contributed by atoms with Crippen molar-refractivity contribution in [1.82, 2.24) is 24.4 Å². The molecule has 0 N–H and O–H groups in total. The average Bonchev–Trinajstić information content (AvgIpc) is 3.08. The molecule has 6 heteroatoms. The summed E-state index contributed by atoms with van der Waals surface area (Å²) < 4.78 is 1.83. The number of imidazole rings is 1. The lowest BCUT2D eigenvalue weighted by Crippen LogP contribution is -2.42. The van der Waals surface area contributed by atoms with Crippen LogP contribution < -0.4 is 0 Å². The van der Waals surface area contributed by atoms with Crippen molar-refractivity contribution >= 4 is 5.91 Å². The maximum Gasteiger partial charge on any atom is 0.219 e. The lowest BCUT2D eigenvalue weighted by molar-refractivity contribution is -0.132. The van der Waals surface area contributed by atoms with E-state index < -0.39 is 0 Å². The molecule has 0 saturated carbocycles. The second-order valence-corrected chi connectivity index (χ2v) is 5.74. The second kappa shape index (κ2) is 6.68. The number of nitrogens with zero attached hydrogens (tertiary/aromatic N) is 5. The van der Waals surface area contributed by atoms with Crippen LogP contribution in [-0.2, 0) is 11.2 Å². The van der Waals surface area contributed by atoms with E-state index in [1.54, 1.807) is 25.6 Å². The Morgan fingerprint density at radius 1 is 1.32 bits per heavy atom. The fraction of sp³-hybridized carbons (Fsp3) is 0.500. The molecule has 2 aromatic heterocycles. The zero-order chi connectivity index (χ0) is 15.4. The van der Waals surface area contributed by atoms with Gasteiger partial charge in [0.15, 0.2) is 5.82 Å². The zero-order valence-electron chi connectivity index (χ0n) is 12.9. The summed E-state index contributed by atoms with van der Waals surface area (Å²) >= 11 is 0. The SMILES string of the molecule is CC(=O)N1CCCC[C@H]1CCc1cnc(-n2ccnc2)cn1. The Hall–Kier alpha value is -2.24. The summed E-state index contributed by atoms with van der Waals surface area (Å²) in [6.07, 6.45) is 14.1. The van der Waals surface area contributed by atoms with E-state index in [0.717, 1.165) is 43.7 Å². The molecule has 6 nitrogen and oxygen atoms in total. The molecular formula is C16H21N5O. The molecule has 0 bridgehead atoms. The van der Waals surface area contributed by atoms with Gasteiger partial charge in [-0.15, -0.1) is 0 Å². The van der Waals surface area contributed by atoms with E-state index in [2.05, 4.69) is 15.0 Å². The Labute approximate surface area is 130 Å². The summed E-state index contributed by atoms with van der Waals surface area (Å²) in [5.41, 5.74) is 0.970. The van der Waals surface area contributed by atoms with Gasteiger partial charge in [-0.2, -0.15) is 0 Å². The minimum Gasteiger partial charge on any atom is -0.340 e. The number of rotatable bonds is 4. The summed E-state index contributed by atoms with van der Waals surface area (Å²) in [7, 11) is 0. The Morgan fingerprint density at radius 2 is 2.23 bits per heavy atom. The third-order valence-electron chi connectivity index (χ3n) is 4.23. The smallest absolute Gasteiger partial charge is 0.219 e. The summed E-state index contributed by atoms with van der Waals surface area (Å²) in [6.45, 7) is 2.56. The number of carbonyl (C=O) groups is 1. The fourth-order valence-corrected chi connectivity index (χ4v) is 3.03. The van der Waals surface area contributed by atoms with Gasteiger partial charge in [0.1, 0.15) is 6.33 Å². The highest BCUT2D eigenvalue weighted by molar-refractivity contribution is 5.73. The molecule has 0 spiro atoms. The van der Waals surface area contributed by atoms with E-state index in [-0.39, 0.29) is 5.91 Å². The molecule has 1 fully saturated rings. The van der Waals surface area contributed by atoms with Crippen molar-refractivity contribution in [2.45, 2.75) is 45.1 Å². The molecule has 1 aliphatic heterocycles. The Kier molecular flexibility index (Phi) is 4.46. The van der Waals surface area contributed by atoms with Gasteiger partial charge in [-0.3, -0.25) is 14.3 Å². The largest absolute Gasteiger partial charge is 0.340 e.